The first-order valence-corrected chi connectivity index (χ1v) is 9.03. The molecule has 0 aliphatic carbocycles. The SMILES string of the molecule is CCOC(=O)c1cc(C(=O)c2ccccc2)n2c(-c3ccccn3)cccc12. The smallest absolute Gasteiger partial charge is 0.340 e. The fourth-order valence-electron chi connectivity index (χ4n) is 3.25. The van der Waals surface area contributed by atoms with Crippen LogP contribution in [0.25, 0.3) is 16.9 Å². The van der Waals surface area contributed by atoms with Crippen molar-refractivity contribution in [2.75, 3.05) is 6.61 Å². The van der Waals surface area contributed by atoms with Crippen molar-refractivity contribution in [3.05, 3.63) is 95.8 Å². The number of aromatic nitrogens is 2. The molecule has 28 heavy (non-hydrogen) atoms. The van der Waals surface area contributed by atoms with E-state index in [9.17, 15) is 9.59 Å². The van der Waals surface area contributed by atoms with Crippen LogP contribution in [0, 0.1) is 0 Å². The summed E-state index contributed by atoms with van der Waals surface area (Å²) < 4.78 is 6.98. The maximum absolute atomic E-state index is 13.2. The van der Waals surface area contributed by atoms with Crippen molar-refractivity contribution in [1.82, 2.24) is 9.38 Å². The van der Waals surface area contributed by atoms with E-state index in [1.54, 1.807) is 41.8 Å². The lowest BCUT2D eigenvalue weighted by Crippen LogP contribution is -2.07. The Morgan fingerprint density at radius 1 is 0.964 bits per heavy atom. The van der Waals surface area contributed by atoms with Gasteiger partial charge in [0.25, 0.3) is 0 Å². The molecule has 5 nitrogen and oxygen atoms in total. The highest BCUT2D eigenvalue weighted by Gasteiger charge is 2.23. The second kappa shape index (κ2) is 7.48. The summed E-state index contributed by atoms with van der Waals surface area (Å²) in [7, 11) is 0. The molecule has 0 aliphatic heterocycles. The van der Waals surface area contributed by atoms with Gasteiger partial charge in [-0.05, 0) is 37.3 Å². The highest BCUT2D eigenvalue weighted by molar-refractivity contribution is 6.11. The van der Waals surface area contributed by atoms with Crippen molar-refractivity contribution in [2.45, 2.75) is 6.92 Å². The van der Waals surface area contributed by atoms with Crippen LogP contribution in [-0.2, 0) is 4.74 Å². The van der Waals surface area contributed by atoms with Crippen molar-refractivity contribution < 1.29 is 14.3 Å². The minimum Gasteiger partial charge on any atom is -0.462 e. The maximum atomic E-state index is 13.2. The lowest BCUT2D eigenvalue weighted by atomic mass is 10.1. The zero-order valence-corrected chi connectivity index (χ0v) is 15.3. The van der Waals surface area contributed by atoms with Crippen LogP contribution in [0.3, 0.4) is 0 Å². The lowest BCUT2D eigenvalue weighted by Gasteiger charge is -2.09. The number of benzene rings is 1. The summed E-state index contributed by atoms with van der Waals surface area (Å²) in [5, 5.41) is 0. The minimum absolute atomic E-state index is 0.172. The Kier molecular flexibility index (Phi) is 4.72. The Bertz CT molecular complexity index is 1150. The molecule has 138 valence electrons. The van der Waals surface area contributed by atoms with Gasteiger partial charge in [0.1, 0.15) is 0 Å². The van der Waals surface area contributed by atoms with Crippen LogP contribution >= 0.6 is 0 Å². The Morgan fingerprint density at radius 2 is 1.75 bits per heavy atom. The molecular formula is C23H18N2O3. The third-order valence-electron chi connectivity index (χ3n) is 4.48. The number of nitrogens with zero attached hydrogens (tertiary/aromatic N) is 2. The average molecular weight is 370 g/mol. The van der Waals surface area contributed by atoms with E-state index in [1.807, 2.05) is 48.5 Å². The van der Waals surface area contributed by atoms with Crippen molar-refractivity contribution >= 4 is 17.3 Å². The molecule has 3 heterocycles. The molecule has 0 saturated heterocycles. The first kappa shape index (κ1) is 17.7. The van der Waals surface area contributed by atoms with Crippen LogP contribution in [0.15, 0.2) is 79.0 Å². The molecule has 0 bridgehead atoms. The molecule has 0 radical (unpaired) electrons. The van der Waals surface area contributed by atoms with E-state index in [-0.39, 0.29) is 12.4 Å². The summed E-state index contributed by atoms with van der Waals surface area (Å²) in [5.41, 5.74) is 3.35. The Hall–Kier alpha value is -3.73. The van der Waals surface area contributed by atoms with E-state index >= 15 is 0 Å². The number of hydrogen-bond acceptors (Lipinski definition) is 4. The van der Waals surface area contributed by atoms with Crippen LogP contribution in [0.2, 0.25) is 0 Å². The first-order valence-electron chi connectivity index (χ1n) is 9.03. The second-order valence-electron chi connectivity index (χ2n) is 6.21. The number of hydrogen-bond donors (Lipinski definition) is 0. The third-order valence-corrected chi connectivity index (χ3v) is 4.48. The van der Waals surface area contributed by atoms with Gasteiger partial charge in [-0.2, -0.15) is 0 Å². The highest BCUT2D eigenvalue weighted by Crippen LogP contribution is 2.27. The topological polar surface area (TPSA) is 60.7 Å². The number of ketones is 1. The zero-order chi connectivity index (χ0) is 19.5. The van der Waals surface area contributed by atoms with E-state index in [4.69, 9.17) is 4.74 Å². The molecule has 0 fully saturated rings. The summed E-state index contributed by atoms with van der Waals surface area (Å²) in [6, 6.07) is 21.7. The number of ether oxygens (including phenoxy) is 1. The van der Waals surface area contributed by atoms with Crippen LogP contribution in [-0.4, -0.2) is 27.7 Å². The van der Waals surface area contributed by atoms with Crippen molar-refractivity contribution in [3.63, 3.8) is 0 Å². The summed E-state index contributed by atoms with van der Waals surface area (Å²) in [4.78, 5) is 30.2. The van der Waals surface area contributed by atoms with Gasteiger partial charge in [-0.3, -0.25) is 9.78 Å². The van der Waals surface area contributed by atoms with E-state index in [0.29, 0.717) is 28.0 Å². The third kappa shape index (κ3) is 3.07. The molecule has 0 atom stereocenters. The Labute approximate surface area is 162 Å². The summed E-state index contributed by atoms with van der Waals surface area (Å²) in [5.74, 6) is -0.625. The van der Waals surface area contributed by atoms with Crippen molar-refractivity contribution in [2.24, 2.45) is 0 Å². The second-order valence-corrected chi connectivity index (χ2v) is 6.21. The van der Waals surface area contributed by atoms with Gasteiger partial charge in [-0.25, -0.2) is 4.79 Å². The predicted octanol–water partition coefficient (Wildman–Crippen LogP) is 4.41. The van der Waals surface area contributed by atoms with Crippen LogP contribution in [0.1, 0.15) is 33.3 Å². The predicted molar refractivity (Wildman–Crippen MR) is 106 cm³/mol. The van der Waals surface area contributed by atoms with Gasteiger partial charge in [-0.1, -0.05) is 42.5 Å². The lowest BCUT2D eigenvalue weighted by molar-refractivity contribution is 0.0529. The summed E-state index contributed by atoms with van der Waals surface area (Å²) >= 11 is 0. The van der Waals surface area contributed by atoms with Crippen LogP contribution in [0.5, 0.6) is 0 Å². The van der Waals surface area contributed by atoms with Crippen LogP contribution in [0.4, 0.5) is 0 Å². The number of rotatable bonds is 5. The van der Waals surface area contributed by atoms with Gasteiger partial charge >= 0.3 is 5.97 Å². The molecular weight excluding hydrogens is 352 g/mol. The fourth-order valence-corrected chi connectivity index (χ4v) is 3.25. The molecule has 3 aromatic heterocycles. The molecule has 0 saturated carbocycles. The molecule has 0 spiro atoms. The maximum Gasteiger partial charge on any atom is 0.340 e. The van der Waals surface area contributed by atoms with E-state index in [0.717, 1.165) is 5.69 Å². The number of carbonyl (C=O) groups excluding carboxylic acids is 2. The molecule has 5 heteroatoms. The van der Waals surface area contributed by atoms with Crippen LogP contribution < -0.4 is 0 Å². The molecule has 0 unspecified atom stereocenters. The Balaban J connectivity index is 2.00. The molecule has 1 aromatic carbocycles. The summed E-state index contributed by atoms with van der Waals surface area (Å²) in [6.45, 7) is 2.02. The van der Waals surface area contributed by atoms with Gasteiger partial charge in [0.15, 0.2) is 0 Å². The quantitative estimate of drug-likeness (QED) is 0.386. The van der Waals surface area contributed by atoms with Crippen molar-refractivity contribution in [3.8, 4) is 11.4 Å². The molecule has 0 amide bonds. The molecule has 4 rings (SSSR count). The van der Waals surface area contributed by atoms with Gasteiger partial charge in [-0.15, -0.1) is 0 Å². The van der Waals surface area contributed by atoms with E-state index in [2.05, 4.69) is 4.98 Å². The van der Waals surface area contributed by atoms with E-state index in [1.165, 1.54) is 0 Å². The first-order chi connectivity index (χ1) is 13.7. The normalized spacial score (nSPS) is 10.8. The van der Waals surface area contributed by atoms with Gasteiger partial charge in [0, 0.05) is 11.8 Å². The molecule has 4 aromatic rings. The van der Waals surface area contributed by atoms with E-state index < -0.39 is 5.97 Å². The number of esters is 1. The number of carbonyl (C=O) groups is 2. The molecule has 0 N–H and O–H groups in total. The molecule has 0 aliphatic rings. The summed E-state index contributed by atoms with van der Waals surface area (Å²) in [6.07, 6.45) is 1.70. The highest BCUT2D eigenvalue weighted by atomic mass is 16.5. The van der Waals surface area contributed by atoms with Gasteiger partial charge in [0.2, 0.25) is 5.78 Å². The number of fused-ring (bicyclic) bond motifs is 1. The largest absolute Gasteiger partial charge is 0.462 e. The monoisotopic (exact) mass is 370 g/mol. The standard InChI is InChI=1S/C23H18N2O3/c1-2-28-23(27)17-15-21(22(26)16-9-4-3-5-10-16)25-19(17)12-8-13-20(25)18-11-6-7-14-24-18/h3-15H,2H2,1H3. The van der Waals surface area contributed by atoms with Gasteiger partial charge < -0.3 is 9.14 Å². The van der Waals surface area contributed by atoms with Gasteiger partial charge in [0.05, 0.1) is 34.8 Å². The Morgan fingerprint density at radius 3 is 2.46 bits per heavy atom. The zero-order valence-electron chi connectivity index (χ0n) is 15.3. The average Bonchev–Trinajstić information content (AvgIpc) is 3.14. The van der Waals surface area contributed by atoms with Crippen molar-refractivity contribution in [1.29, 1.82) is 0 Å². The number of pyridine rings is 2. The minimum atomic E-state index is -0.453. The fraction of sp³-hybridized carbons (Fsp3) is 0.0870.